The van der Waals surface area contributed by atoms with E-state index in [2.05, 4.69) is 0 Å². The summed E-state index contributed by atoms with van der Waals surface area (Å²) < 4.78 is 42.7. The highest BCUT2D eigenvalue weighted by molar-refractivity contribution is 5.67. The number of alkyl halides is 3. The number of carbonyl (C=O) groups is 1. The van der Waals surface area contributed by atoms with E-state index in [0.29, 0.717) is 5.56 Å². The molecule has 1 amide bonds. The van der Waals surface area contributed by atoms with Crippen molar-refractivity contribution in [2.45, 2.75) is 19.6 Å². The highest BCUT2D eigenvalue weighted by Gasteiger charge is 2.30. The zero-order chi connectivity index (χ0) is 15.2. The topological polar surface area (TPSA) is 55.6 Å². The summed E-state index contributed by atoms with van der Waals surface area (Å²) in [4.78, 5) is 12.9. The fourth-order valence-corrected chi connectivity index (χ4v) is 1.67. The van der Waals surface area contributed by atoms with Crippen LogP contribution in [0.2, 0.25) is 0 Å². The van der Waals surface area contributed by atoms with Crippen LogP contribution in [0.1, 0.15) is 18.1 Å². The normalized spacial score (nSPS) is 11.2. The molecule has 0 unspecified atom stereocenters. The molecular formula is C13H17F3N2O2. The molecule has 0 spiro atoms. The average Bonchev–Trinajstić information content (AvgIpc) is 2.38. The van der Waals surface area contributed by atoms with Crippen LogP contribution >= 0.6 is 0 Å². The lowest BCUT2D eigenvalue weighted by Crippen LogP contribution is -2.35. The van der Waals surface area contributed by atoms with E-state index in [4.69, 9.17) is 10.5 Å². The predicted molar refractivity (Wildman–Crippen MR) is 67.9 cm³/mol. The van der Waals surface area contributed by atoms with Gasteiger partial charge in [-0.2, -0.15) is 13.2 Å². The first-order valence-electron chi connectivity index (χ1n) is 6.16. The van der Waals surface area contributed by atoms with Crippen LogP contribution in [-0.2, 0) is 17.5 Å². The standard InChI is InChI=1S/C13H17F3N2O2/c1-2-20-12(19)18(7-6-17)9-10-4-3-5-11(8-10)13(14,15)16/h3-5,8H,2,6-7,9,17H2,1H3. The van der Waals surface area contributed by atoms with Crippen molar-refractivity contribution in [1.29, 1.82) is 0 Å². The van der Waals surface area contributed by atoms with Gasteiger partial charge >= 0.3 is 12.3 Å². The average molecular weight is 290 g/mol. The van der Waals surface area contributed by atoms with Crippen LogP contribution in [0.3, 0.4) is 0 Å². The van der Waals surface area contributed by atoms with Crippen LogP contribution in [0.15, 0.2) is 24.3 Å². The van der Waals surface area contributed by atoms with Gasteiger partial charge in [-0.15, -0.1) is 0 Å². The maximum Gasteiger partial charge on any atom is 0.416 e. The zero-order valence-electron chi connectivity index (χ0n) is 11.1. The Bertz CT molecular complexity index is 449. The second kappa shape index (κ2) is 7.14. The molecule has 112 valence electrons. The molecule has 0 bridgehead atoms. The van der Waals surface area contributed by atoms with Crippen molar-refractivity contribution < 1.29 is 22.7 Å². The Balaban J connectivity index is 2.86. The number of nitrogens with two attached hydrogens (primary N) is 1. The number of carbonyl (C=O) groups excluding carboxylic acids is 1. The minimum atomic E-state index is -4.40. The van der Waals surface area contributed by atoms with E-state index in [-0.39, 0.29) is 26.2 Å². The number of ether oxygens (including phenoxy) is 1. The van der Waals surface area contributed by atoms with Crippen molar-refractivity contribution in [2.75, 3.05) is 19.7 Å². The van der Waals surface area contributed by atoms with Gasteiger partial charge in [-0.25, -0.2) is 4.79 Å². The maximum atomic E-state index is 12.6. The molecule has 1 rings (SSSR count). The summed E-state index contributed by atoms with van der Waals surface area (Å²) in [6.45, 7) is 2.30. The van der Waals surface area contributed by atoms with Crippen LogP contribution in [0, 0.1) is 0 Å². The van der Waals surface area contributed by atoms with Crippen molar-refractivity contribution in [3.8, 4) is 0 Å². The summed E-state index contributed by atoms with van der Waals surface area (Å²) in [6, 6.07) is 4.84. The van der Waals surface area contributed by atoms with Gasteiger partial charge in [0.2, 0.25) is 0 Å². The molecule has 0 aliphatic carbocycles. The van der Waals surface area contributed by atoms with Crippen molar-refractivity contribution in [3.05, 3.63) is 35.4 Å². The van der Waals surface area contributed by atoms with Gasteiger partial charge in [-0.1, -0.05) is 12.1 Å². The number of hydrogen-bond acceptors (Lipinski definition) is 3. The monoisotopic (exact) mass is 290 g/mol. The summed E-state index contributed by atoms with van der Waals surface area (Å²) in [6.07, 6.45) is -4.99. The van der Waals surface area contributed by atoms with Crippen LogP contribution in [0.5, 0.6) is 0 Å². The lowest BCUT2D eigenvalue weighted by atomic mass is 10.1. The van der Waals surface area contributed by atoms with Crippen LogP contribution in [0.25, 0.3) is 0 Å². The molecule has 0 aromatic heterocycles. The maximum absolute atomic E-state index is 12.6. The third-order valence-corrected chi connectivity index (χ3v) is 2.55. The Morgan fingerprint density at radius 2 is 2.10 bits per heavy atom. The Morgan fingerprint density at radius 3 is 2.65 bits per heavy atom. The third kappa shape index (κ3) is 4.73. The Labute approximate surface area is 115 Å². The minimum Gasteiger partial charge on any atom is -0.450 e. The van der Waals surface area contributed by atoms with Gasteiger partial charge in [0.15, 0.2) is 0 Å². The van der Waals surface area contributed by atoms with Crippen molar-refractivity contribution in [1.82, 2.24) is 4.90 Å². The molecule has 0 saturated heterocycles. The number of benzene rings is 1. The van der Waals surface area contributed by atoms with E-state index in [0.717, 1.165) is 12.1 Å². The minimum absolute atomic E-state index is 0.0277. The largest absolute Gasteiger partial charge is 0.450 e. The second-order valence-electron chi connectivity index (χ2n) is 4.11. The van der Waals surface area contributed by atoms with Crippen LogP contribution < -0.4 is 5.73 Å². The molecule has 0 heterocycles. The third-order valence-electron chi connectivity index (χ3n) is 2.55. The number of hydrogen-bond donors (Lipinski definition) is 1. The second-order valence-corrected chi connectivity index (χ2v) is 4.11. The Hall–Kier alpha value is -1.76. The molecule has 2 N–H and O–H groups in total. The fraction of sp³-hybridized carbons (Fsp3) is 0.462. The van der Waals surface area contributed by atoms with E-state index in [1.54, 1.807) is 6.92 Å². The van der Waals surface area contributed by atoms with E-state index in [1.807, 2.05) is 0 Å². The van der Waals surface area contributed by atoms with E-state index in [1.165, 1.54) is 17.0 Å². The molecule has 4 nitrogen and oxygen atoms in total. The first kappa shape index (κ1) is 16.3. The van der Waals surface area contributed by atoms with Crippen molar-refractivity contribution in [2.24, 2.45) is 5.73 Å². The molecular weight excluding hydrogens is 273 g/mol. The summed E-state index contributed by atoms with van der Waals surface area (Å²) in [7, 11) is 0. The lowest BCUT2D eigenvalue weighted by Gasteiger charge is -2.21. The highest BCUT2D eigenvalue weighted by atomic mass is 19.4. The first-order chi connectivity index (χ1) is 9.38. The van der Waals surface area contributed by atoms with Gasteiger partial charge in [-0.3, -0.25) is 0 Å². The van der Waals surface area contributed by atoms with Gasteiger partial charge in [0.05, 0.1) is 12.2 Å². The molecule has 0 aliphatic heterocycles. The summed E-state index contributed by atoms with van der Waals surface area (Å²) in [5.41, 5.74) is 5.02. The lowest BCUT2D eigenvalue weighted by molar-refractivity contribution is -0.137. The molecule has 0 aliphatic rings. The van der Waals surface area contributed by atoms with Crippen molar-refractivity contribution >= 4 is 6.09 Å². The predicted octanol–water partition coefficient (Wildman–Crippen LogP) is 2.62. The van der Waals surface area contributed by atoms with Crippen LogP contribution in [-0.4, -0.2) is 30.7 Å². The van der Waals surface area contributed by atoms with Gasteiger partial charge in [-0.05, 0) is 24.6 Å². The fourth-order valence-electron chi connectivity index (χ4n) is 1.67. The highest BCUT2D eigenvalue weighted by Crippen LogP contribution is 2.29. The summed E-state index contributed by atoms with van der Waals surface area (Å²) in [5.74, 6) is 0. The molecule has 0 radical (unpaired) electrons. The smallest absolute Gasteiger partial charge is 0.416 e. The van der Waals surface area contributed by atoms with Crippen LogP contribution in [0.4, 0.5) is 18.0 Å². The SMILES string of the molecule is CCOC(=O)N(CCN)Cc1cccc(C(F)(F)F)c1. The van der Waals surface area contributed by atoms with Gasteiger partial charge in [0, 0.05) is 19.6 Å². The molecule has 7 heteroatoms. The number of rotatable bonds is 5. The Kier molecular flexibility index (Phi) is 5.82. The summed E-state index contributed by atoms with van der Waals surface area (Å²) >= 11 is 0. The molecule has 0 atom stereocenters. The van der Waals surface area contributed by atoms with E-state index < -0.39 is 17.8 Å². The van der Waals surface area contributed by atoms with Gasteiger partial charge in [0.1, 0.15) is 0 Å². The molecule has 0 fully saturated rings. The zero-order valence-corrected chi connectivity index (χ0v) is 11.1. The van der Waals surface area contributed by atoms with Gasteiger partial charge in [0.25, 0.3) is 0 Å². The summed E-state index contributed by atoms with van der Waals surface area (Å²) in [5, 5.41) is 0. The van der Waals surface area contributed by atoms with Crippen molar-refractivity contribution in [3.63, 3.8) is 0 Å². The van der Waals surface area contributed by atoms with E-state index >= 15 is 0 Å². The first-order valence-corrected chi connectivity index (χ1v) is 6.16. The van der Waals surface area contributed by atoms with Gasteiger partial charge < -0.3 is 15.4 Å². The quantitative estimate of drug-likeness (QED) is 0.907. The molecule has 1 aromatic rings. The number of halogens is 3. The molecule has 1 aromatic carbocycles. The molecule has 0 saturated carbocycles. The molecule has 20 heavy (non-hydrogen) atoms. The van der Waals surface area contributed by atoms with E-state index in [9.17, 15) is 18.0 Å². The number of nitrogens with zero attached hydrogens (tertiary/aromatic N) is 1. The number of amides is 1. The Morgan fingerprint density at radius 1 is 1.40 bits per heavy atom.